The van der Waals surface area contributed by atoms with Crippen molar-refractivity contribution in [3.63, 3.8) is 0 Å². The molecule has 2 fully saturated rings. The number of carbonyl (C=O) groups is 1. The lowest BCUT2D eigenvalue weighted by atomic mass is 9.79. The Hall–Kier alpha value is -2.35. The van der Waals surface area contributed by atoms with Gasteiger partial charge in [-0.15, -0.1) is 0 Å². The third-order valence-electron chi connectivity index (χ3n) is 6.68. The lowest BCUT2D eigenvalue weighted by molar-refractivity contribution is -0.137. The number of rotatable bonds is 10. The second-order valence-electron chi connectivity index (χ2n) is 8.97. The fourth-order valence-corrected chi connectivity index (χ4v) is 4.79. The van der Waals surface area contributed by atoms with E-state index in [0.717, 1.165) is 44.1 Å². The van der Waals surface area contributed by atoms with E-state index in [4.69, 9.17) is 9.47 Å². The minimum absolute atomic E-state index is 0. The van der Waals surface area contributed by atoms with Crippen LogP contribution in [0, 0.1) is 17.7 Å². The normalized spacial score (nSPS) is 21.0. The number of ether oxygens (including phenoxy) is 2. The van der Waals surface area contributed by atoms with E-state index in [1.54, 1.807) is 12.3 Å². The highest BCUT2D eigenvalue weighted by atomic mass is 32.1. The Morgan fingerprint density at radius 1 is 1.12 bits per heavy atom. The van der Waals surface area contributed by atoms with Crippen LogP contribution >= 0.6 is 13.5 Å². The zero-order valence-electron chi connectivity index (χ0n) is 19.0. The van der Waals surface area contributed by atoms with Gasteiger partial charge in [-0.05, 0) is 86.3 Å². The molecule has 0 amide bonds. The van der Waals surface area contributed by atoms with Gasteiger partial charge in [0.25, 0.3) is 0 Å². The first-order valence-electron chi connectivity index (χ1n) is 11.6. The molecule has 2 aliphatic carbocycles. The van der Waals surface area contributed by atoms with Crippen molar-refractivity contribution in [2.45, 2.75) is 63.7 Å². The number of carboxylic acid groups (broad SMARTS) is 1. The Balaban J connectivity index is 0.00000306. The van der Waals surface area contributed by atoms with E-state index in [-0.39, 0.29) is 37.6 Å². The molecule has 0 bridgehead atoms. The van der Waals surface area contributed by atoms with Crippen LogP contribution in [-0.2, 0) is 4.79 Å². The molecule has 180 valence electrons. The molecule has 0 unspecified atom stereocenters. The summed E-state index contributed by atoms with van der Waals surface area (Å²) >= 11 is 0. The molecule has 2 heterocycles. The molecule has 33 heavy (non-hydrogen) atoms. The maximum Gasteiger partial charge on any atom is 0.303 e. The Bertz CT molecular complexity index is 932. The zero-order valence-corrected chi connectivity index (χ0v) is 20.0. The summed E-state index contributed by atoms with van der Waals surface area (Å²) < 4.78 is 25.7. The van der Waals surface area contributed by atoms with Crippen LogP contribution in [-0.4, -0.2) is 34.3 Å². The molecule has 2 saturated carbocycles. The number of carboxylic acids is 1. The predicted octanol–water partition coefficient (Wildman–Crippen LogP) is 5.45. The minimum atomic E-state index is -0.767. The summed E-state index contributed by atoms with van der Waals surface area (Å²) in [5.74, 6) is 1.06. The van der Waals surface area contributed by atoms with Crippen molar-refractivity contribution in [1.82, 2.24) is 9.97 Å². The van der Waals surface area contributed by atoms with Gasteiger partial charge in [0.1, 0.15) is 5.82 Å². The van der Waals surface area contributed by atoms with Crippen LogP contribution in [0.3, 0.4) is 0 Å². The van der Waals surface area contributed by atoms with Crippen LogP contribution in [0.25, 0.3) is 0 Å². The van der Waals surface area contributed by atoms with Crippen LogP contribution in [0.15, 0.2) is 30.6 Å². The maximum atomic E-state index is 14.3. The molecule has 0 saturated heterocycles. The van der Waals surface area contributed by atoms with Gasteiger partial charge >= 0.3 is 5.97 Å². The summed E-state index contributed by atoms with van der Waals surface area (Å²) in [6.07, 6.45) is 9.00. The molecule has 2 aliphatic rings. The molecular formula is C25H33FN2O4S. The minimum Gasteiger partial charge on any atom is -0.481 e. The monoisotopic (exact) mass is 476 g/mol. The summed E-state index contributed by atoms with van der Waals surface area (Å²) in [6.45, 7) is 2.97. The van der Waals surface area contributed by atoms with E-state index in [0.29, 0.717) is 42.4 Å². The molecule has 0 radical (unpaired) electrons. The number of nitrogens with zero attached hydrogens (tertiary/aromatic N) is 2. The molecular weight excluding hydrogens is 443 g/mol. The van der Waals surface area contributed by atoms with Crippen molar-refractivity contribution >= 4 is 19.5 Å². The largest absolute Gasteiger partial charge is 0.481 e. The van der Waals surface area contributed by atoms with Gasteiger partial charge in [0.05, 0.1) is 25.8 Å². The SMILES string of the molecule is CCOc1cc(C2CCC(COc3cc([C@@H](CC(=O)O)C4CC4)ccn3)CC2)c(F)cn1.S. The van der Waals surface area contributed by atoms with Crippen LogP contribution in [0.1, 0.15) is 74.8 Å². The second kappa shape index (κ2) is 11.7. The predicted molar refractivity (Wildman–Crippen MR) is 128 cm³/mol. The van der Waals surface area contributed by atoms with Gasteiger partial charge < -0.3 is 14.6 Å². The van der Waals surface area contributed by atoms with E-state index in [1.807, 2.05) is 19.1 Å². The van der Waals surface area contributed by atoms with Gasteiger partial charge in [-0.1, -0.05) is 0 Å². The highest BCUT2D eigenvalue weighted by Crippen LogP contribution is 2.45. The Labute approximate surface area is 201 Å². The van der Waals surface area contributed by atoms with Gasteiger partial charge in [0.2, 0.25) is 11.8 Å². The molecule has 1 atom stereocenters. The average molecular weight is 477 g/mol. The number of hydrogen-bond donors (Lipinski definition) is 1. The molecule has 4 rings (SSSR count). The van der Waals surface area contributed by atoms with Gasteiger partial charge in [0, 0.05) is 18.3 Å². The van der Waals surface area contributed by atoms with E-state index in [2.05, 4.69) is 9.97 Å². The molecule has 2 aromatic rings. The van der Waals surface area contributed by atoms with Crippen LogP contribution < -0.4 is 9.47 Å². The Morgan fingerprint density at radius 2 is 1.85 bits per heavy atom. The first kappa shape index (κ1) is 25.3. The third-order valence-corrected chi connectivity index (χ3v) is 6.68. The highest BCUT2D eigenvalue weighted by Gasteiger charge is 2.34. The zero-order chi connectivity index (χ0) is 22.5. The number of pyridine rings is 2. The van der Waals surface area contributed by atoms with E-state index in [9.17, 15) is 14.3 Å². The topological polar surface area (TPSA) is 81.5 Å². The lowest BCUT2D eigenvalue weighted by Gasteiger charge is -2.29. The number of hydrogen-bond acceptors (Lipinski definition) is 5. The van der Waals surface area contributed by atoms with Crippen LogP contribution in [0.4, 0.5) is 4.39 Å². The molecule has 6 nitrogen and oxygen atoms in total. The van der Waals surface area contributed by atoms with Crippen LogP contribution in [0.5, 0.6) is 11.8 Å². The summed E-state index contributed by atoms with van der Waals surface area (Å²) in [4.78, 5) is 19.6. The quantitative estimate of drug-likeness (QED) is 0.491. The second-order valence-corrected chi connectivity index (χ2v) is 8.97. The molecule has 0 spiro atoms. The van der Waals surface area contributed by atoms with E-state index >= 15 is 0 Å². The first-order chi connectivity index (χ1) is 15.5. The average Bonchev–Trinajstić information content (AvgIpc) is 3.63. The van der Waals surface area contributed by atoms with Crippen LogP contribution in [0.2, 0.25) is 0 Å². The van der Waals surface area contributed by atoms with Crippen molar-refractivity contribution in [3.05, 3.63) is 47.5 Å². The van der Waals surface area contributed by atoms with Crippen molar-refractivity contribution in [1.29, 1.82) is 0 Å². The van der Waals surface area contributed by atoms with Crippen molar-refractivity contribution in [3.8, 4) is 11.8 Å². The van der Waals surface area contributed by atoms with E-state index in [1.165, 1.54) is 6.20 Å². The summed E-state index contributed by atoms with van der Waals surface area (Å²) in [5.41, 5.74) is 1.70. The third kappa shape index (κ3) is 6.82. The molecule has 8 heteroatoms. The fraction of sp³-hybridized carbons (Fsp3) is 0.560. The van der Waals surface area contributed by atoms with E-state index < -0.39 is 5.97 Å². The Morgan fingerprint density at radius 3 is 2.52 bits per heavy atom. The smallest absolute Gasteiger partial charge is 0.303 e. The van der Waals surface area contributed by atoms with Crippen molar-refractivity contribution in [2.24, 2.45) is 11.8 Å². The Kier molecular flexibility index (Phi) is 8.95. The number of aliphatic carboxylic acids is 1. The first-order valence-corrected chi connectivity index (χ1v) is 11.6. The molecule has 0 aliphatic heterocycles. The standard InChI is InChI=1S/C25H31FN2O4.H2S/c1-2-31-24-12-21(22(26)14-28-24)18-5-3-16(4-6-18)15-32-23-11-19(9-10-27-23)20(13-25(29)30)17-7-8-17;/h9-12,14,16-18,20H,2-8,13,15H2,1H3,(H,29,30);1H2/t16?,18?,20-;/m0./s1. The molecule has 2 aromatic heterocycles. The number of aromatic nitrogens is 2. The summed E-state index contributed by atoms with van der Waals surface area (Å²) in [6, 6.07) is 5.55. The summed E-state index contributed by atoms with van der Waals surface area (Å²) in [5, 5.41) is 9.25. The molecule has 0 aromatic carbocycles. The van der Waals surface area contributed by atoms with Gasteiger partial charge in [-0.2, -0.15) is 13.5 Å². The van der Waals surface area contributed by atoms with Crippen molar-refractivity contribution in [2.75, 3.05) is 13.2 Å². The van der Waals surface area contributed by atoms with Crippen molar-refractivity contribution < 1.29 is 23.8 Å². The fourth-order valence-electron chi connectivity index (χ4n) is 4.79. The lowest BCUT2D eigenvalue weighted by Crippen LogP contribution is -2.20. The summed E-state index contributed by atoms with van der Waals surface area (Å²) in [7, 11) is 0. The molecule has 1 N–H and O–H groups in total. The maximum absolute atomic E-state index is 14.3. The van der Waals surface area contributed by atoms with Gasteiger partial charge in [-0.3, -0.25) is 4.79 Å². The van der Waals surface area contributed by atoms with Gasteiger partial charge in [0.15, 0.2) is 0 Å². The highest BCUT2D eigenvalue weighted by molar-refractivity contribution is 7.59. The van der Waals surface area contributed by atoms with Gasteiger partial charge in [-0.25, -0.2) is 14.4 Å². The number of halogens is 1.